The molecule has 5 nitrogen and oxygen atoms in total. The Morgan fingerprint density at radius 1 is 1.38 bits per heavy atom. The zero-order valence-electron chi connectivity index (χ0n) is 13.0. The number of hydroxylamine groups is 1. The normalized spacial score (nSPS) is 10.1. The van der Waals surface area contributed by atoms with Gasteiger partial charge in [0, 0.05) is 25.1 Å². The Kier molecular flexibility index (Phi) is 5.96. The maximum absolute atomic E-state index is 11.3. The number of amides is 1. The molecule has 0 aliphatic rings. The maximum Gasteiger partial charge on any atom is 0.329 e. The van der Waals surface area contributed by atoms with Crippen LogP contribution < -0.4 is 10.4 Å². The number of hydrogen-bond donors (Lipinski definition) is 1. The van der Waals surface area contributed by atoms with Gasteiger partial charge in [0.2, 0.25) is 5.91 Å². The van der Waals surface area contributed by atoms with E-state index >= 15 is 0 Å². The van der Waals surface area contributed by atoms with Crippen LogP contribution >= 0.6 is 0 Å². The predicted octanol–water partition coefficient (Wildman–Crippen LogP) is 3.24. The second-order valence-electron chi connectivity index (χ2n) is 5.01. The van der Waals surface area contributed by atoms with Crippen LogP contribution in [0.25, 0.3) is 0 Å². The van der Waals surface area contributed by atoms with Gasteiger partial charge in [0.1, 0.15) is 0 Å². The quantitative estimate of drug-likeness (QED) is 0.645. The number of carbonyl (C=O) groups is 2. The van der Waals surface area contributed by atoms with Gasteiger partial charge in [0.15, 0.2) is 0 Å². The molecule has 0 saturated heterocycles. The lowest BCUT2D eigenvalue weighted by atomic mass is 9.98. The van der Waals surface area contributed by atoms with Crippen molar-refractivity contribution in [2.45, 2.75) is 33.6 Å². The minimum absolute atomic E-state index is 0.142. The zero-order chi connectivity index (χ0) is 16.0. The summed E-state index contributed by atoms with van der Waals surface area (Å²) >= 11 is 0. The summed E-state index contributed by atoms with van der Waals surface area (Å²) in [4.78, 5) is 27.9. The monoisotopic (exact) mass is 290 g/mol. The van der Waals surface area contributed by atoms with Gasteiger partial charge in [-0.05, 0) is 18.1 Å². The zero-order valence-corrected chi connectivity index (χ0v) is 13.0. The third kappa shape index (κ3) is 4.63. The van der Waals surface area contributed by atoms with E-state index in [0.29, 0.717) is 6.54 Å². The van der Waals surface area contributed by atoms with E-state index in [-0.39, 0.29) is 11.8 Å². The van der Waals surface area contributed by atoms with Crippen LogP contribution in [0.1, 0.15) is 39.2 Å². The Hall–Kier alpha value is -2.30. The highest BCUT2D eigenvalue weighted by molar-refractivity contribution is 5.91. The number of anilines is 2. The number of nitrogens with zero attached hydrogens (tertiary/aromatic N) is 1. The fraction of sp³-hybridized carbons (Fsp3) is 0.375. The van der Waals surface area contributed by atoms with Gasteiger partial charge >= 0.3 is 5.97 Å². The van der Waals surface area contributed by atoms with Gasteiger partial charge < -0.3 is 10.2 Å². The van der Waals surface area contributed by atoms with E-state index < -0.39 is 5.97 Å². The van der Waals surface area contributed by atoms with E-state index in [1.807, 2.05) is 32.0 Å². The molecule has 0 atom stereocenters. The van der Waals surface area contributed by atoms with Crippen molar-refractivity contribution >= 4 is 23.3 Å². The molecule has 0 aliphatic heterocycles. The molecule has 0 spiro atoms. The molecule has 0 unspecified atom stereocenters. The summed E-state index contributed by atoms with van der Waals surface area (Å²) in [6.07, 6.45) is 1.65. The molecule has 0 radical (unpaired) electrons. The lowest BCUT2D eigenvalue weighted by molar-refractivity contribution is -0.142. The molecule has 114 valence electrons. The summed E-state index contributed by atoms with van der Waals surface area (Å²) in [6.45, 7) is 10.9. The van der Waals surface area contributed by atoms with Crippen molar-refractivity contribution in [3.05, 3.63) is 36.4 Å². The minimum atomic E-state index is -0.406. The topological polar surface area (TPSA) is 58.6 Å². The molecule has 5 heteroatoms. The molecule has 0 saturated carbocycles. The highest BCUT2D eigenvalue weighted by atomic mass is 16.7. The molecule has 1 rings (SSSR count). The second kappa shape index (κ2) is 7.47. The van der Waals surface area contributed by atoms with Crippen LogP contribution in [0.15, 0.2) is 30.9 Å². The van der Waals surface area contributed by atoms with Gasteiger partial charge in [-0.2, -0.15) is 0 Å². The first-order valence-corrected chi connectivity index (χ1v) is 6.84. The molecule has 0 aromatic heterocycles. The predicted molar refractivity (Wildman–Crippen MR) is 84.1 cm³/mol. The molecule has 0 fully saturated rings. The number of carbonyl (C=O) groups excluding carboxylic acids is 2. The van der Waals surface area contributed by atoms with Gasteiger partial charge in [-0.3, -0.25) is 9.59 Å². The summed E-state index contributed by atoms with van der Waals surface area (Å²) in [5, 5.41) is 4.30. The number of nitrogens with one attached hydrogen (secondary N) is 1. The highest BCUT2D eigenvalue weighted by Gasteiger charge is 2.19. The van der Waals surface area contributed by atoms with Crippen LogP contribution in [-0.2, 0) is 14.4 Å². The van der Waals surface area contributed by atoms with Crippen molar-refractivity contribution in [1.29, 1.82) is 0 Å². The van der Waals surface area contributed by atoms with Crippen LogP contribution in [0.2, 0.25) is 0 Å². The Labute approximate surface area is 125 Å². The maximum atomic E-state index is 11.3. The third-order valence-electron chi connectivity index (χ3n) is 2.77. The molecular weight excluding hydrogens is 268 g/mol. The lowest BCUT2D eigenvalue weighted by Crippen LogP contribution is -2.27. The van der Waals surface area contributed by atoms with Crippen LogP contribution in [-0.4, -0.2) is 18.4 Å². The van der Waals surface area contributed by atoms with Gasteiger partial charge in [0.05, 0.1) is 12.2 Å². The summed E-state index contributed by atoms with van der Waals surface area (Å²) < 4.78 is 0. The third-order valence-corrected chi connectivity index (χ3v) is 2.77. The first-order valence-electron chi connectivity index (χ1n) is 6.84. The summed E-state index contributed by atoms with van der Waals surface area (Å²) in [5.74, 6) is -0.404. The Morgan fingerprint density at radius 3 is 2.52 bits per heavy atom. The van der Waals surface area contributed by atoms with Crippen molar-refractivity contribution in [2.75, 3.05) is 16.9 Å². The standard InChI is InChI=1S/C16H22N2O3/c1-6-10-18(21-13(5)20)15-9-7-8-14(17-12(4)19)16(15)11(2)3/h6-9,11H,1,10H2,2-5H3,(H,17,19). The number of hydrogen-bond acceptors (Lipinski definition) is 4. The Balaban J connectivity index is 3.33. The second-order valence-corrected chi connectivity index (χ2v) is 5.01. The first kappa shape index (κ1) is 16.8. The lowest BCUT2D eigenvalue weighted by Gasteiger charge is -2.26. The fourth-order valence-corrected chi connectivity index (χ4v) is 2.13. The minimum Gasteiger partial charge on any atom is -0.341 e. The van der Waals surface area contributed by atoms with Crippen molar-refractivity contribution in [3.8, 4) is 0 Å². The van der Waals surface area contributed by atoms with Gasteiger partial charge in [-0.15, -0.1) is 6.58 Å². The van der Waals surface area contributed by atoms with E-state index in [1.54, 1.807) is 6.08 Å². The van der Waals surface area contributed by atoms with Crippen molar-refractivity contribution in [3.63, 3.8) is 0 Å². The molecule has 0 bridgehead atoms. The van der Waals surface area contributed by atoms with Crippen LogP contribution in [0.5, 0.6) is 0 Å². The smallest absolute Gasteiger partial charge is 0.329 e. The summed E-state index contributed by atoms with van der Waals surface area (Å²) in [6, 6.07) is 5.50. The number of rotatable bonds is 6. The van der Waals surface area contributed by atoms with Gasteiger partial charge in [0.25, 0.3) is 0 Å². The van der Waals surface area contributed by atoms with E-state index in [1.165, 1.54) is 18.9 Å². The molecule has 0 aliphatic carbocycles. The van der Waals surface area contributed by atoms with E-state index in [2.05, 4.69) is 11.9 Å². The highest BCUT2D eigenvalue weighted by Crippen LogP contribution is 2.34. The summed E-state index contributed by atoms with van der Waals surface area (Å²) in [7, 11) is 0. The van der Waals surface area contributed by atoms with Crippen LogP contribution in [0.3, 0.4) is 0 Å². The molecule has 1 N–H and O–H groups in total. The van der Waals surface area contributed by atoms with Crippen molar-refractivity contribution in [2.24, 2.45) is 0 Å². The molecule has 1 aromatic rings. The average molecular weight is 290 g/mol. The largest absolute Gasteiger partial charge is 0.341 e. The molecular formula is C16H22N2O3. The van der Waals surface area contributed by atoms with Gasteiger partial charge in [-0.1, -0.05) is 26.0 Å². The van der Waals surface area contributed by atoms with Crippen molar-refractivity contribution in [1.82, 2.24) is 0 Å². The summed E-state index contributed by atoms with van der Waals surface area (Å²) in [5.41, 5.74) is 2.37. The molecule has 1 aromatic carbocycles. The fourth-order valence-electron chi connectivity index (χ4n) is 2.13. The van der Waals surface area contributed by atoms with Crippen molar-refractivity contribution < 1.29 is 14.4 Å². The van der Waals surface area contributed by atoms with E-state index in [0.717, 1.165) is 16.9 Å². The van der Waals surface area contributed by atoms with Crippen LogP contribution in [0, 0.1) is 0 Å². The Morgan fingerprint density at radius 2 is 2.05 bits per heavy atom. The van der Waals surface area contributed by atoms with Gasteiger partial charge in [-0.25, -0.2) is 5.06 Å². The SMILES string of the molecule is C=CCN(OC(C)=O)c1cccc(NC(C)=O)c1C(C)C. The molecule has 1 amide bonds. The molecule has 21 heavy (non-hydrogen) atoms. The average Bonchev–Trinajstić information content (AvgIpc) is 2.36. The van der Waals surface area contributed by atoms with E-state index in [4.69, 9.17) is 4.84 Å². The van der Waals surface area contributed by atoms with E-state index in [9.17, 15) is 9.59 Å². The first-order chi connectivity index (χ1) is 9.86. The van der Waals surface area contributed by atoms with Crippen LogP contribution in [0.4, 0.5) is 11.4 Å². The number of benzene rings is 1. The molecule has 0 heterocycles. The Bertz CT molecular complexity index is 538.